The second-order valence-electron chi connectivity index (χ2n) is 4.18. The topological polar surface area (TPSA) is 85.4 Å². The number of nitrogen functional groups attached to an aromatic ring is 1. The van der Waals surface area contributed by atoms with Crippen molar-refractivity contribution in [3.8, 4) is 17.0 Å². The Morgan fingerprint density at radius 3 is 2.57 bits per heavy atom. The molecule has 1 aromatic carbocycles. The van der Waals surface area contributed by atoms with Gasteiger partial charge in [-0.05, 0) is 18.2 Å². The monoisotopic (exact) mass is 366 g/mol. The van der Waals surface area contributed by atoms with Crippen LogP contribution < -0.4 is 10.5 Å². The first kappa shape index (κ1) is 17.2. The molecule has 0 saturated heterocycles. The van der Waals surface area contributed by atoms with Crippen molar-refractivity contribution in [1.82, 2.24) is 4.98 Å². The van der Waals surface area contributed by atoms with Gasteiger partial charge in [0.05, 0.1) is 21.4 Å². The lowest BCUT2D eigenvalue weighted by Crippen LogP contribution is -2.07. The van der Waals surface area contributed by atoms with Crippen molar-refractivity contribution >= 4 is 34.9 Å². The molecular formula is C13H7Cl2F3N2O3. The number of nitrogens with zero attached hydrogens (tertiary/aromatic N) is 1. The molecule has 0 amide bonds. The third kappa shape index (κ3) is 3.43. The fourth-order valence-electron chi connectivity index (χ4n) is 1.76. The molecule has 0 fully saturated rings. The summed E-state index contributed by atoms with van der Waals surface area (Å²) in [6.07, 6.45) is 0. The van der Waals surface area contributed by atoms with Gasteiger partial charge in [-0.25, -0.2) is 14.2 Å². The molecule has 0 aliphatic heterocycles. The number of halogens is 5. The number of alkyl halides is 2. The lowest BCUT2D eigenvalue weighted by atomic mass is 10.1. The second kappa shape index (κ2) is 6.51. The summed E-state index contributed by atoms with van der Waals surface area (Å²) >= 11 is 11.3. The Morgan fingerprint density at radius 2 is 2.00 bits per heavy atom. The largest absolute Gasteiger partial charge is 0.476 e. The zero-order valence-electron chi connectivity index (χ0n) is 11.0. The number of hydrogen-bond donors (Lipinski definition) is 2. The molecule has 0 aliphatic rings. The van der Waals surface area contributed by atoms with E-state index in [1.54, 1.807) is 0 Å². The van der Waals surface area contributed by atoms with Crippen molar-refractivity contribution in [2.24, 2.45) is 0 Å². The third-order valence-corrected chi connectivity index (χ3v) is 3.42. The lowest BCUT2D eigenvalue weighted by Gasteiger charge is -2.12. The number of nitrogens with two attached hydrogens (primary N) is 1. The number of rotatable bonds is 4. The van der Waals surface area contributed by atoms with Crippen molar-refractivity contribution in [3.63, 3.8) is 0 Å². The minimum absolute atomic E-state index is 0.167. The summed E-state index contributed by atoms with van der Waals surface area (Å²) in [5, 5.41) is 8.30. The van der Waals surface area contributed by atoms with Gasteiger partial charge in [0.1, 0.15) is 0 Å². The molecule has 0 radical (unpaired) electrons. The van der Waals surface area contributed by atoms with Crippen molar-refractivity contribution in [2.45, 2.75) is 6.61 Å². The zero-order chi connectivity index (χ0) is 17.3. The lowest BCUT2D eigenvalue weighted by molar-refractivity contribution is -0.0520. The van der Waals surface area contributed by atoms with E-state index in [9.17, 15) is 18.0 Å². The maximum absolute atomic E-state index is 14.3. The molecule has 5 nitrogen and oxygen atoms in total. The minimum atomic E-state index is -3.30. The Balaban J connectivity index is 2.66. The molecule has 3 N–H and O–H groups in total. The number of carboxylic acid groups (broad SMARTS) is 1. The second-order valence-corrected chi connectivity index (χ2v) is 4.97. The molecule has 122 valence electrons. The van der Waals surface area contributed by atoms with Gasteiger partial charge < -0.3 is 15.6 Å². The molecule has 1 heterocycles. The molecule has 23 heavy (non-hydrogen) atoms. The van der Waals surface area contributed by atoms with Crippen LogP contribution in [0.2, 0.25) is 10.0 Å². The first-order valence-electron chi connectivity index (χ1n) is 5.84. The van der Waals surface area contributed by atoms with Gasteiger partial charge in [0.15, 0.2) is 17.3 Å². The number of aromatic carboxylic acids is 1. The van der Waals surface area contributed by atoms with Gasteiger partial charge in [-0.2, -0.15) is 8.78 Å². The fourth-order valence-corrected chi connectivity index (χ4v) is 2.12. The van der Waals surface area contributed by atoms with Gasteiger partial charge in [0.2, 0.25) is 0 Å². The highest BCUT2D eigenvalue weighted by Crippen LogP contribution is 2.37. The van der Waals surface area contributed by atoms with Gasteiger partial charge in [0.25, 0.3) is 0 Å². The van der Waals surface area contributed by atoms with E-state index in [-0.39, 0.29) is 27.0 Å². The fraction of sp³-hybridized carbons (Fsp3) is 0.0769. The third-order valence-electron chi connectivity index (χ3n) is 2.72. The van der Waals surface area contributed by atoms with Gasteiger partial charge in [-0.15, -0.1) is 0 Å². The summed E-state index contributed by atoms with van der Waals surface area (Å²) in [6, 6.07) is 3.33. The molecule has 0 bridgehead atoms. The molecule has 0 aliphatic carbocycles. The molecule has 2 rings (SSSR count). The predicted octanol–water partition coefficient (Wildman–Crippen LogP) is 4.08. The number of carboxylic acids is 1. The Bertz CT molecular complexity index is 788. The van der Waals surface area contributed by atoms with E-state index in [1.165, 1.54) is 0 Å². The number of carbonyl (C=O) groups is 1. The van der Waals surface area contributed by atoms with Crippen LogP contribution in [0.15, 0.2) is 18.2 Å². The van der Waals surface area contributed by atoms with E-state index in [2.05, 4.69) is 9.72 Å². The van der Waals surface area contributed by atoms with Crippen LogP contribution in [0.3, 0.4) is 0 Å². The van der Waals surface area contributed by atoms with Crippen LogP contribution in [0.5, 0.6) is 5.75 Å². The zero-order valence-corrected chi connectivity index (χ0v) is 12.5. The molecule has 0 spiro atoms. The van der Waals surface area contributed by atoms with E-state index >= 15 is 0 Å². The van der Waals surface area contributed by atoms with Crippen LogP contribution in [-0.4, -0.2) is 22.7 Å². The van der Waals surface area contributed by atoms with Gasteiger partial charge >= 0.3 is 12.6 Å². The average molecular weight is 367 g/mol. The summed E-state index contributed by atoms with van der Waals surface area (Å²) in [4.78, 5) is 14.7. The highest BCUT2D eigenvalue weighted by molar-refractivity contribution is 6.35. The van der Waals surface area contributed by atoms with Crippen LogP contribution in [0, 0.1) is 5.82 Å². The number of benzene rings is 1. The highest BCUT2D eigenvalue weighted by atomic mass is 35.5. The Kier molecular flexibility index (Phi) is 4.86. The summed E-state index contributed by atoms with van der Waals surface area (Å²) in [7, 11) is 0. The predicted molar refractivity (Wildman–Crippen MR) is 77.7 cm³/mol. The number of anilines is 1. The molecule has 1 aromatic heterocycles. The Morgan fingerprint density at radius 1 is 1.35 bits per heavy atom. The van der Waals surface area contributed by atoms with E-state index in [4.69, 9.17) is 34.0 Å². The molecule has 2 aromatic rings. The molecule has 0 atom stereocenters. The van der Waals surface area contributed by atoms with Crippen LogP contribution >= 0.6 is 23.2 Å². The molecule has 0 saturated carbocycles. The first-order chi connectivity index (χ1) is 10.7. The maximum Gasteiger partial charge on any atom is 0.387 e. The van der Waals surface area contributed by atoms with Gasteiger partial charge in [0, 0.05) is 5.56 Å². The normalized spacial score (nSPS) is 10.9. The van der Waals surface area contributed by atoms with Crippen molar-refractivity contribution < 1.29 is 27.8 Å². The van der Waals surface area contributed by atoms with Crippen molar-refractivity contribution in [3.05, 3.63) is 39.8 Å². The Hall–Kier alpha value is -2.19. The van der Waals surface area contributed by atoms with Crippen LogP contribution in [0.1, 0.15) is 10.5 Å². The van der Waals surface area contributed by atoms with Crippen LogP contribution in [0.25, 0.3) is 11.3 Å². The van der Waals surface area contributed by atoms with Crippen molar-refractivity contribution in [2.75, 3.05) is 5.73 Å². The summed E-state index contributed by atoms with van der Waals surface area (Å²) in [6.45, 7) is -3.30. The van der Waals surface area contributed by atoms with Crippen LogP contribution in [0.4, 0.5) is 18.9 Å². The SMILES string of the molecule is Nc1cc(-c2ccc(Cl)c(OC(F)F)c2F)nc(C(=O)O)c1Cl. The van der Waals surface area contributed by atoms with Crippen molar-refractivity contribution in [1.29, 1.82) is 0 Å². The number of pyridine rings is 1. The standard InChI is InChI=1S/C13H7Cl2F3N2O3/c14-5-2-1-4(9(16)11(5)23-13(17)18)7-3-6(19)8(15)10(20-7)12(21)22/h1-3,13H,(H2,19,20)(H,21,22). The van der Waals surface area contributed by atoms with E-state index in [0.29, 0.717) is 0 Å². The number of ether oxygens (including phenoxy) is 1. The average Bonchev–Trinajstić information content (AvgIpc) is 2.46. The Labute approximate surface area is 137 Å². The summed E-state index contributed by atoms with van der Waals surface area (Å²) in [5.41, 5.74) is 4.24. The number of aromatic nitrogens is 1. The van der Waals surface area contributed by atoms with E-state index in [1.807, 2.05) is 0 Å². The van der Waals surface area contributed by atoms with Crippen LogP contribution in [-0.2, 0) is 0 Å². The van der Waals surface area contributed by atoms with Gasteiger partial charge in [-0.3, -0.25) is 0 Å². The highest BCUT2D eigenvalue weighted by Gasteiger charge is 2.22. The molecule has 0 unspecified atom stereocenters. The van der Waals surface area contributed by atoms with E-state index in [0.717, 1.165) is 18.2 Å². The maximum atomic E-state index is 14.3. The smallest absolute Gasteiger partial charge is 0.387 e. The van der Waals surface area contributed by atoms with E-state index < -0.39 is 29.8 Å². The summed E-state index contributed by atoms with van der Waals surface area (Å²) in [5.74, 6) is -3.60. The molecular weight excluding hydrogens is 360 g/mol. The molecule has 10 heteroatoms. The quantitative estimate of drug-likeness (QED) is 0.851. The minimum Gasteiger partial charge on any atom is -0.476 e. The number of hydrogen-bond acceptors (Lipinski definition) is 4. The van der Waals surface area contributed by atoms with Gasteiger partial charge in [-0.1, -0.05) is 23.2 Å². The summed E-state index contributed by atoms with van der Waals surface area (Å²) < 4.78 is 43.0. The first-order valence-corrected chi connectivity index (χ1v) is 6.60.